The molecule has 4 heterocycles. The van der Waals surface area contributed by atoms with Crippen LogP contribution in [0.2, 0.25) is 0 Å². The number of rotatable bonds is 3. The van der Waals surface area contributed by atoms with Crippen LogP contribution < -0.4 is 0 Å². The van der Waals surface area contributed by atoms with Crippen LogP contribution >= 0.6 is 0 Å². The zero-order chi connectivity index (χ0) is 17.7. The summed E-state index contributed by atoms with van der Waals surface area (Å²) in [6.45, 7) is 3.96. The van der Waals surface area contributed by atoms with Crippen LogP contribution in [0.15, 0.2) is 48.5 Å². The molecule has 4 fully saturated rings. The number of benzene rings is 2. The summed E-state index contributed by atoms with van der Waals surface area (Å²) in [5.41, 5.74) is 2.00. The molecule has 2 bridgehead atoms. The van der Waals surface area contributed by atoms with E-state index in [1.165, 1.54) is 31.5 Å². The van der Waals surface area contributed by atoms with Crippen molar-refractivity contribution in [1.29, 1.82) is 0 Å². The fraction of sp³-hybridized carbons (Fsp3) is 0.455. The maximum absolute atomic E-state index is 14.3. The predicted molar refractivity (Wildman–Crippen MR) is 99.5 cm³/mol. The van der Waals surface area contributed by atoms with Crippen LogP contribution in [-0.4, -0.2) is 46.6 Å². The Morgan fingerprint density at radius 1 is 1.00 bits per heavy atom. The van der Waals surface area contributed by atoms with Gasteiger partial charge in [0.1, 0.15) is 11.6 Å². The average Bonchev–Trinajstić information content (AvgIpc) is 3.06. The third kappa shape index (κ3) is 2.63. The summed E-state index contributed by atoms with van der Waals surface area (Å²) in [6, 6.07) is 15.9. The molecule has 4 aliphatic rings. The summed E-state index contributed by atoms with van der Waals surface area (Å²) >= 11 is 0. The minimum Gasteiger partial charge on any atom is -0.508 e. The fourth-order valence-corrected chi connectivity index (χ4v) is 5.62. The molecule has 4 aliphatic heterocycles. The highest BCUT2D eigenvalue weighted by Crippen LogP contribution is 2.47. The Bertz CT molecular complexity index is 802. The molecular weight excluding hydrogens is 327 g/mol. The lowest BCUT2D eigenvalue weighted by Gasteiger charge is -2.51. The van der Waals surface area contributed by atoms with Gasteiger partial charge in [0, 0.05) is 36.7 Å². The molecule has 6 rings (SSSR count). The Labute approximate surface area is 154 Å². The highest BCUT2D eigenvalue weighted by molar-refractivity contribution is 5.33. The normalized spacial score (nSPS) is 33.3. The maximum atomic E-state index is 14.3. The number of phenolic OH excluding ortho intramolecular Hbond substituents is 1. The average molecular weight is 352 g/mol. The Hall–Kier alpha value is -1.91. The molecule has 3 nitrogen and oxygen atoms in total. The first-order valence-corrected chi connectivity index (χ1v) is 9.71. The van der Waals surface area contributed by atoms with Crippen LogP contribution in [0, 0.1) is 11.7 Å². The molecule has 2 aromatic rings. The van der Waals surface area contributed by atoms with E-state index in [0.717, 1.165) is 12.1 Å². The summed E-state index contributed by atoms with van der Waals surface area (Å²) in [5.74, 6) is 1.31. The third-order valence-corrected chi connectivity index (χ3v) is 6.72. The zero-order valence-electron chi connectivity index (χ0n) is 14.9. The first-order valence-electron chi connectivity index (χ1n) is 9.71. The number of halogens is 1. The molecule has 2 aromatic carbocycles. The summed E-state index contributed by atoms with van der Waals surface area (Å²) in [7, 11) is 0. The number of nitrogens with zero attached hydrogens (tertiary/aromatic N) is 2. The number of piperidine rings is 3. The van der Waals surface area contributed by atoms with Gasteiger partial charge in [-0.05, 0) is 55.6 Å². The molecule has 26 heavy (non-hydrogen) atoms. The van der Waals surface area contributed by atoms with Crippen LogP contribution in [0.1, 0.15) is 29.9 Å². The van der Waals surface area contributed by atoms with Gasteiger partial charge in [0.15, 0.2) is 0 Å². The van der Waals surface area contributed by atoms with Gasteiger partial charge < -0.3 is 5.11 Å². The van der Waals surface area contributed by atoms with Crippen LogP contribution in [0.4, 0.5) is 4.39 Å². The Morgan fingerprint density at radius 2 is 1.81 bits per heavy atom. The molecule has 0 aliphatic carbocycles. The van der Waals surface area contributed by atoms with E-state index in [4.69, 9.17) is 0 Å². The molecule has 0 amide bonds. The van der Waals surface area contributed by atoms with E-state index in [1.54, 1.807) is 18.2 Å². The SMILES string of the molecule is Oc1cccc([C@@H]2CN(Cc3ccccc3F)[C@@H]3C4CCN(CC4)[C@@H]32)c1. The molecule has 136 valence electrons. The molecule has 4 heteroatoms. The van der Waals surface area contributed by atoms with E-state index in [0.29, 0.717) is 36.2 Å². The van der Waals surface area contributed by atoms with Gasteiger partial charge in [-0.2, -0.15) is 0 Å². The first kappa shape index (κ1) is 16.3. The zero-order valence-corrected chi connectivity index (χ0v) is 14.9. The highest BCUT2D eigenvalue weighted by Gasteiger charge is 2.53. The molecule has 0 radical (unpaired) electrons. The van der Waals surface area contributed by atoms with E-state index in [1.807, 2.05) is 24.3 Å². The van der Waals surface area contributed by atoms with Crippen LogP contribution in [-0.2, 0) is 6.54 Å². The summed E-state index contributed by atoms with van der Waals surface area (Å²) < 4.78 is 14.3. The van der Waals surface area contributed by atoms with E-state index in [2.05, 4.69) is 15.9 Å². The van der Waals surface area contributed by atoms with Crippen molar-refractivity contribution in [3.8, 4) is 5.75 Å². The van der Waals surface area contributed by atoms with E-state index < -0.39 is 0 Å². The number of fused-ring (bicyclic) bond motifs is 2. The molecule has 0 aromatic heterocycles. The van der Waals surface area contributed by atoms with Gasteiger partial charge in [-0.15, -0.1) is 0 Å². The Kier molecular flexibility index (Phi) is 3.98. The van der Waals surface area contributed by atoms with Crippen molar-refractivity contribution >= 4 is 0 Å². The van der Waals surface area contributed by atoms with Crippen LogP contribution in [0.5, 0.6) is 5.75 Å². The second kappa shape index (κ2) is 6.36. The Morgan fingerprint density at radius 3 is 2.58 bits per heavy atom. The highest BCUT2D eigenvalue weighted by atomic mass is 19.1. The van der Waals surface area contributed by atoms with Gasteiger partial charge >= 0.3 is 0 Å². The molecular formula is C22H25FN2O. The summed E-state index contributed by atoms with van der Waals surface area (Å²) in [5, 5.41) is 9.96. The fourth-order valence-electron chi connectivity index (χ4n) is 5.62. The first-order chi connectivity index (χ1) is 12.7. The number of likely N-dealkylation sites (tertiary alicyclic amines) is 1. The van der Waals surface area contributed by atoms with Gasteiger partial charge in [0.05, 0.1) is 0 Å². The molecule has 4 saturated heterocycles. The number of aromatic hydroxyl groups is 1. The van der Waals surface area contributed by atoms with Gasteiger partial charge in [-0.3, -0.25) is 9.80 Å². The largest absolute Gasteiger partial charge is 0.508 e. The summed E-state index contributed by atoms with van der Waals surface area (Å²) in [6.07, 6.45) is 2.50. The van der Waals surface area contributed by atoms with Gasteiger partial charge in [-0.1, -0.05) is 30.3 Å². The summed E-state index contributed by atoms with van der Waals surface area (Å²) in [4.78, 5) is 5.15. The second-order valence-corrected chi connectivity index (χ2v) is 8.08. The molecule has 0 unspecified atom stereocenters. The number of hydrogen-bond donors (Lipinski definition) is 1. The van der Waals surface area contributed by atoms with Crippen molar-refractivity contribution < 1.29 is 9.50 Å². The predicted octanol–water partition coefficient (Wildman–Crippen LogP) is 3.59. The monoisotopic (exact) mass is 352 g/mol. The lowest BCUT2D eigenvalue weighted by Crippen LogP contribution is -2.60. The van der Waals surface area contributed by atoms with E-state index in [-0.39, 0.29) is 5.82 Å². The van der Waals surface area contributed by atoms with Crippen molar-refractivity contribution in [3.05, 3.63) is 65.5 Å². The molecule has 0 saturated carbocycles. The standard InChI is InChI=1S/C22H25FN2O/c23-20-7-2-1-4-17(20)13-25-14-19(16-5-3-6-18(26)12-16)22-21(25)15-8-10-24(22)11-9-15/h1-7,12,15,19,21-22,26H,8-11,13-14H2/t19-,21+,22+/m0/s1. The van der Waals surface area contributed by atoms with Crippen molar-refractivity contribution in [2.24, 2.45) is 5.92 Å². The Balaban J connectivity index is 1.49. The number of phenols is 1. The van der Waals surface area contributed by atoms with Crippen molar-refractivity contribution in [2.75, 3.05) is 19.6 Å². The van der Waals surface area contributed by atoms with Crippen molar-refractivity contribution in [3.63, 3.8) is 0 Å². The third-order valence-electron chi connectivity index (χ3n) is 6.72. The lowest BCUT2D eigenvalue weighted by atomic mass is 9.75. The van der Waals surface area contributed by atoms with Crippen LogP contribution in [0.3, 0.4) is 0 Å². The molecule has 3 atom stereocenters. The molecule has 1 N–H and O–H groups in total. The van der Waals surface area contributed by atoms with Gasteiger partial charge in [0.25, 0.3) is 0 Å². The minimum absolute atomic E-state index is 0.105. The van der Waals surface area contributed by atoms with E-state index in [9.17, 15) is 9.50 Å². The smallest absolute Gasteiger partial charge is 0.127 e. The quantitative estimate of drug-likeness (QED) is 0.914. The minimum atomic E-state index is -0.105. The van der Waals surface area contributed by atoms with Crippen LogP contribution in [0.25, 0.3) is 0 Å². The van der Waals surface area contributed by atoms with Gasteiger partial charge in [0.2, 0.25) is 0 Å². The van der Waals surface area contributed by atoms with Crippen molar-refractivity contribution in [2.45, 2.75) is 37.4 Å². The second-order valence-electron chi connectivity index (χ2n) is 8.08. The van der Waals surface area contributed by atoms with Crippen molar-refractivity contribution in [1.82, 2.24) is 9.80 Å². The van der Waals surface area contributed by atoms with E-state index >= 15 is 0 Å². The maximum Gasteiger partial charge on any atom is 0.127 e. The molecule has 0 spiro atoms. The number of hydrogen-bond acceptors (Lipinski definition) is 3. The lowest BCUT2D eigenvalue weighted by molar-refractivity contribution is -0.00892. The topological polar surface area (TPSA) is 26.7 Å². The van der Waals surface area contributed by atoms with Gasteiger partial charge in [-0.25, -0.2) is 4.39 Å².